The molecule has 1 aliphatic heterocycles. The molecule has 1 unspecified atom stereocenters. The lowest BCUT2D eigenvalue weighted by atomic mass is 10.1. The molecule has 144 valence electrons. The van der Waals surface area contributed by atoms with Crippen LogP contribution in [0, 0.1) is 0 Å². The number of amides is 4. The van der Waals surface area contributed by atoms with Crippen LogP contribution in [0.1, 0.15) is 43.3 Å². The first-order chi connectivity index (χ1) is 12.9. The van der Waals surface area contributed by atoms with Gasteiger partial charge in [-0.05, 0) is 42.7 Å². The molecule has 2 aromatic rings. The lowest BCUT2D eigenvalue weighted by Crippen LogP contribution is -2.40. The van der Waals surface area contributed by atoms with E-state index in [1.54, 1.807) is 31.4 Å². The first-order valence-electron chi connectivity index (χ1n) is 8.71. The Morgan fingerprint density at radius 1 is 1.37 bits per heavy atom. The van der Waals surface area contributed by atoms with Crippen molar-refractivity contribution in [3.63, 3.8) is 0 Å². The van der Waals surface area contributed by atoms with E-state index < -0.39 is 11.6 Å². The zero-order valence-corrected chi connectivity index (χ0v) is 16.9. The molecular weight excluding hydrogens is 384 g/mol. The SMILES string of the molecule is CC1(C)NC(=O)N(CCCC(=O)NC(Cc2ccsc2)c2nccs2)C1=O. The number of carbonyl (C=O) groups is 3. The van der Waals surface area contributed by atoms with E-state index in [1.807, 2.05) is 16.8 Å². The summed E-state index contributed by atoms with van der Waals surface area (Å²) in [4.78, 5) is 41.9. The van der Waals surface area contributed by atoms with Gasteiger partial charge in [0.05, 0.1) is 6.04 Å². The van der Waals surface area contributed by atoms with Crippen molar-refractivity contribution in [3.8, 4) is 0 Å². The summed E-state index contributed by atoms with van der Waals surface area (Å²) in [5.41, 5.74) is 0.276. The van der Waals surface area contributed by atoms with Gasteiger partial charge in [-0.3, -0.25) is 14.5 Å². The number of carbonyl (C=O) groups excluding carboxylic acids is 3. The highest BCUT2D eigenvalue weighted by Crippen LogP contribution is 2.22. The summed E-state index contributed by atoms with van der Waals surface area (Å²) in [6.07, 6.45) is 3.07. The van der Waals surface area contributed by atoms with Gasteiger partial charge >= 0.3 is 6.03 Å². The van der Waals surface area contributed by atoms with Gasteiger partial charge in [0.25, 0.3) is 5.91 Å². The lowest BCUT2D eigenvalue weighted by molar-refractivity contribution is -0.130. The molecule has 9 heteroatoms. The van der Waals surface area contributed by atoms with Gasteiger partial charge in [-0.25, -0.2) is 9.78 Å². The van der Waals surface area contributed by atoms with Gasteiger partial charge in [-0.1, -0.05) is 0 Å². The van der Waals surface area contributed by atoms with Gasteiger partial charge in [0.15, 0.2) is 0 Å². The van der Waals surface area contributed by atoms with E-state index in [2.05, 4.69) is 21.0 Å². The Kier molecular flexibility index (Phi) is 5.91. The van der Waals surface area contributed by atoms with E-state index in [9.17, 15) is 14.4 Å². The highest BCUT2D eigenvalue weighted by molar-refractivity contribution is 7.09. The molecule has 0 aromatic carbocycles. The minimum absolute atomic E-state index is 0.114. The molecular formula is C18H22N4O3S2. The summed E-state index contributed by atoms with van der Waals surface area (Å²) in [7, 11) is 0. The van der Waals surface area contributed by atoms with Crippen molar-refractivity contribution in [2.24, 2.45) is 0 Å². The topological polar surface area (TPSA) is 91.4 Å². The third-order valence-corrected chi connectivity index (χ3v) is 5.96. The molecule has 2 N–H and O–H groups in total. The Balaban J connectivity index is 1.52. The fourth-order valence-electron chi connectivity index (χ4n) is 2.94. The third kappa shape index (κ3) is 4.72. The third-order valence-electron chi connectivity index (χ3n) is 4.33. The van der Waals surface area contributed by atoms with Crippen molar-refractivity contribution in [1.29, 1.82) is 0 Å². The number of rotatable bonds is 8. The van der Waals surface area contributed by atoms with Crippen LogP contribution in [0.15, 0.2) is 28.4 Å². The van der Waals surface area contributed by atoms with E-state index >= 15 is 0 Å². The van der Waals surface area contributed by atoms with Crippen LogP contribution < -0.4 is 10.6 Å². The minimum atomic E-state index is -0.879. The van der Waals surface area contributed by atoms with Gasteiger partial charge in [-0.15, -0.1) is 11.3 Å². The van der Waals surface area contributed by atoms with Crippen molar-refractivity contribution < 1.29 is 14.4 Å². The number of imide groups is 1. The van der Waals surface area contributed by atoms with E-state index in [0.717, 1.165) is 10.6 Å². The number of thiazole rings is 1. The standard InChI is InChI=1S/C18H22N4O3S2/c1-18(2)16(24)22(17(25)21-18)7-3-4-14(23)20-13(15-19-6-9-27-15)10-12-5-8-26-11-12/h5-6,8-9,11,13H,3-4,7,10H2,1-2H3,(H,20,23)(H,21,25). The van der Waals surface area contributed by atoms with Gasteiger partial charge in [0.1, 0.15) is 10.5 Å². The molecule has 0 saturated carbocycles. The maximum absolute atomic E-state index is 12.4. The van der Waals surface area contributed by atoms with E-state index in [4.69, 9.17) is 0 Å². The second-order valence-electron chi connectivity index (χ2n) is 6.94. The molecule has 7 nitrogen and oxygen atoms in total. The average molecular weight is 407 g/mol. The van der Waals surface area contributed by atoms with Crippen molar-refractivity contribution in [2.45, 2.75) is 44.7 Å². The molecule has 0 bridgehead atoms. The van der Waals surface area contributed by atoms with Crippen LogP contribution in [0.25, 0.3) is 0 Å². The second-order valence-corrected chi connectivity index (χ2v) is 8.65. The molecule has 0 radical (unpaired) electrons. The highest BCUT2D eigenvalue weighted by atomic mass is 32.1. The molecule has 1 saturated heterocycles. The van der Waals surface area contributed by atoms with Crippen LogP contribution >= 0.6 is 22.7 Å². The van der Waals surface area contributed by atoms with Crippen LogP contribution in [-0.4, -0.2) is 39.8 Å². The first-order valence-corrected chi connectivity index (χ1v) is 10.5. The van der Waals surface area contributed by atoms with Crippen LogP contribution in [0.3, 0.4) is 0 Å². The zero-order valence-electron chi connectivity index (χ0n) is 15.2. The zero-order chi connectivity index (χ0) is 19.4. The number of hydrogen-bond donors (Lipinski definition) is 2. The number of nitrogens with zero attached hydrogens (tertiary/aromatic N) is 2. The van der Waals surface area contributed by atoms with Crippen LogP contribution in [0.4, 0.5) is 4.79 Å². The smallest absolute Gasteiger partial charge is 0.325 e. The molecule has 4 amide bonds. The van der Waals surface area contributed by atoms with Crippen molar-refractivity contribution in [1.82, 2.24) is 20.5 Å². The minimum Gasteiger partial charge on any atom is -0.347 e. The average Bonchev–Trinajstić information content (AvgIpc) is 3.33. The lowest BCUT2D eigenvalue weighted by Gasteiger charge is -2.17. The van der Waals surface area contributed by atoms with Gasteiger partial charge in [-0.2, -0.15) is 11.3 Å². The Bertz CT molecular complexity index is 803. The Morgan fingerprint density at radius 2 is 2.19 bits per heavy atom. The fourth-order valence-corrected chi connectivity index (χ4v) is 4.31. The Hall–Kier alpha value is -2.26. The van der Waals surface area contributed by atoms with E-state index in [1.165, 1.54) is 16.2 Å². The second kappa shape index (κ2) is 8.18. The Labute approximate surface area is 165 Å². The van der Waals surface area contributed by atoms with Crippen LogP contribution in [-0.2, 0) is 16.0 Å². The molecule has 3 rings (SSSR count). The van der Waals surface area contributed by atoms with Gasteiger partial charge < -0.3 is 10.6 Å². The van der Waals surface area contributed by atoms with E-state index in [0.29, 0.717) is 12.8 Å². The Morgan fingerprint density at radius 3 is 2.78 bits per heavy atom. The van der Waals surface area contributed by atoms with Crippen LogP contribution in [0.2, 0.25) is 0 Å². The number of nitrogens with one attached hydrogen (secondary N) is 2. The number of thiophene rings is 1. The molecule has 3 heterocycles. The molecule has 1 atom stereocenters. The summed E-state index contributed by atoms with van der Waals surface area (Å²) in [6.45, 7) is 3.57. The molecule has 27 heavy (non-hydrogen) atoms. The normalized spacial score (nSPS) is 17.0. The van der Waals surface area contributed by atoms with Gasteiger partial charge in [0.2, 0.25) is 5.91 Å². The molecule has 0 spiro atoms. The molecule has 0 aliphatic carbocycles. The van der Waals surface area contributed by atoms with E-state index in [-0.39, 0.29) is 30.8 Å². The quantitative estimate of drug-likeness (QED) is 0.660. The summed E-state index contributed by atoms with van der Waals surface area (Å²) in [5, 5.41) is 12.5. The summed E-state index contributed by atoms with van der Waals surface area (Å²) >= 11 is 3.13. The van der Waals surface area contributed by atoms with Gasteiger partial charge in [0, 0.05) is 31.0 Å². The fraction of sp³-hybridized carbons (Fsp3) is 0.444. The van der Waals surface area contributed by atoms with Crippen molar-refractivity contribution in [2.75, 3.05) is 6.54 Å². The predicted octanol–water partition coefficient (Wildman–Crippen LogP) is 2.72. The summed E-state index contributed by atoms with van der Waals surface area (Å²) in [5.74, 6) is -0.372. The molecule has 2 aromatic heterocycles. The highest BCUT2D eigenvalue weighted by Gasteiger charge is 2.43. The number of urea groups is 1. The predicted molar refractivity (Wildman–Crippen MR) is 105 cm³/mol. The maximum atomic E-state index is 12.4. The molecule has 1 aliphatic rings. The summed E-state index contributed by atoms with van der Waals surface area (Å²) in [6, 6.07) is 1.46. The van der Waals surface area contributed by atoms with Crippen molar-refractivity contribution in [3.05, 3.63) is 39.0 Å². The monoisotopic (exact) mass is 406 g/mol. The number of aromatic nitrogens is 1. The maximum Gasteiger partial charge on any atom is 0.325 e. The first kappa shape index (κ1) is 19.5. The molecule has 1 fully saturated rings. The number of hydrogen-bond acceptors (Lipinski definition) is 6. The largest absolute Gasteiger partial charge is 0.347 e. The van der Waals surface area contributed by atoms with Crippen molar-refractivity contribution >= 4 is 40.5 Å². The summed E-state index contributed by atoms with van der Waals surface area (Å²) < 4.78 is 0. The van der Waals surface area contributed by atoms with Crippen LogP contribution in [0.5, 0.6) is 0 Å².